The Balaban J connectivity index is 2.28. The van der Waals surface area contributed by atoms with Gasteiger partial charge in [-0.2, -0.15) is 5.10 Å². The fourth-order valence-corrected chi connectivity index (χ4v) is 1.92. The Morgan fingerprint density at radius 2 is 2.25 bits per heavy atom. The van der Waals surface area contributed by atoms with E-state index in [2.05, 4.69) is 15.7 Å². The average molecular weight is 282 g/mol. The van der Waals surface area contributed by atoms with Gasteiger partial charge in [-0.15, -0.1) is 0 Å². The Morgan fingerprint density at radius 3 is 2.80 bits per heavy atom. The number of aryl methyl sites for hydroxylation is 1. The van der Waals surface area contributed by atoms with Gasteiger partial charge in [-0.05, 0) is 12.5 Å². The maximum atomic E-state index is 11.7. The van der Waals surface area contributed by atoms with E-state index in [-0.39, 0.29) is 18.5 Å². The molecule has 2 amide bonds. The van der Waals surface area contributed by atoms with Gasteiger partial charge in [-0.3, -0.25) is 9.48 Å². The van der Waals surface area contributed by atoms with Gasteiger partial charge in [0.15, 0.2) is 0 Å². The minimum absolute atomic E-state index is 0.0541. The lowest BCUT2D eigenvalue weighted by molar-refractivity contribution is -0.137. The summed E-state index contributed by atoms with van der Waals surface area (Å²) in [6, 6.07) is 1.23. The lowest BCUT2D eigenvalue weighted by atomic mass is 10.1. The molecule has 7 heteroatoms. The minimum atomic E-state index is -0.905. The van der Waals surface area contributed by atoms with Crippen molar-refractivity contribution in [2.24, 2.45) is 7.05 Å². The molecule has 0 aromatic carbocycles. The number of nitrogens with one attached hydrogen (secondary N) is 2. The first-order valence-corrected chi connectivity index (χ1v) is 6.76. The summed E-state index contributed by atoms with van der Waals surface area (Å²) in [5, 5.41) is 18.4. The number of carboxylic acids is 1. The highest BCUT2D eigenvalue weighted by atomic mass is 16.4. The summed E-state index contributed by atoms with van der Waals surface area (Å²) < 4.78 is 1.71. The molecule has 20 heavy (non-hydrogen) atoms. The van der Waals surface area contributed by atoms with Crippen LogP contribution in [0.5, 0.6) is 0 Å². The molecule has 1 unspecified atom stereocenters. The SMILES string of the molecule is CCCC(CC(=O)O)NC(=O)NCCc1ccn(C)n1. The minimum Gasteiger partial charge on any atom is -0.481 e. The van der Waals surface area contributed by atoms with Crippen LogP contribution in [-0.2, 0) is 18.3 Å². The molecule has 1 rings (SSSR count). The summed E-state index contributed by atoms with van der Waals surface area (Å²) in [6.45, 7) is 2.42. The molecular formula is C13H22N4O3. The molecule has 3 N–H and O–H groups in total. The Kier molecular flexibility index (Phi) is 6.55. The highest BCUT2D eigenvalue weighted by Crippen LogP contribution is 2.01. The van der Waals surface area contributed by atoms with Crippen LogP contribution in [0.15, 0.2) is 12.3 Å². The number of nitrogens with zero attached hydrogens (tertiary/aromatic N) is 2. The third kappa shape index (κ3) is 6.21. The molecule has 0 saturated carbocycles. The molecule has 0 bridgehead atoms. The molecule has 0 aliphatic carbocycles. The van der Waals surface area contributed by atoms with Crippen LogP contribution in [0, 0.1) is 0 Å². The second-order valence-electron chi connectivity index (χ2n) is 4.71. The Labute approximate surface area is 118 Å². The zero-order valence-electron chi connectivity index (χ0n) is 11.9. The fourth-order valence-electron chi connectivity index (χ4n) is 1.92. The predicted octanol–water partition coefficient (Wildman–Crippen LogP) is 0.905. The van der Waals surface area contributed by atoms with Crippen molar-refractivity contribution in [1.29, 1.82) is 0 Å². The van der Waals surface area contributed by atoms with Gasteiger partial charge in [0.05, 0.1) is 12.1 Å². The van der Waals surface area contributed by atoms with Gasteiger partial charge in [0.1, 0.15) is 0 Å². The van der Waals surface area contributed by atoms with E-state index in [4.69, 9.17) is 5.11 Å². The van der Waals surface area contributed by atoms with Crippen LogP contribution in [0.25, 0.3) is 0 Å². The third-order valence-corrected chi connectivity index (χ3v) is 2.83. The molecule has 0 radical (unpaired) electrons. The number of aliphatic carboxylic acids is 1. The molecule has 7 nitrogen and oxygen atoms in total. The molecule has 0 fully saturated rings. The maximum Gasteiger partial charge on any atom is 0.315 e. The van der Waals surface area contributed by atoms with E-state index in [0.29, 0.717) is 19.4 Å². The molecule has 1 atom stereocenters. The normalized spacial score (nSPS) is 11.9. The van der Waals surface area contributed by atoms with E-state index in [1.54, 1.807) is 4.68 Å². The van der Waals surface area contributed by atoms with E-state index >= 15 is 0 Å². The number of amides is 2. The Bertz CT molecular complexity index is 445. The van der Waals surface area contributed by atoms with Crippen LogP contribution in [-0.4, -0.2) is 39.5 Å². The molecule has 0 aliphatic heterocycles. The highest BCUT2D eigenvalue weighted by Gasteiger charge is 2.14. The topological polar surface area (TPSA) is 96.3 Å². The maximum absolute atomic E-state index is 11.7. The quantitative estimate of drug-likeness (QED) is 0.660. The van der Waals surface area contributed by atoms with Gasteiger partial charge in [-0.25, -0.2) is 4.79 Å². The molecule has 0 spiro atoms. The van der Waals surface area contributed by atoms with Crippen molar-refractivity contribution in [3.05, 3.63) is 18.0 Å². The van der Waals surface area contributed by atoms with Crippen LogP contribution in [0.3, 0.4) is 0 Å². The number of hydrogen-bond donors (Lipinski definition) is 3. The number of hydrogen-bond acceptors (Lipinski definition) is 3. The Morgan fingerprint density at radius 1 is 1.50 bits per heavy atom. The van der Waals surface area contributed by atoms with Crippen molar-refractivity contribution in [1.82, 2.24) is 20.4 Å². The van der Waals surface area contributed by atoms with Crippen molar-refractivity contribution in [2.75, 3.05) is 6.54 Å². The second-order valence-corrected chi connectivity index (χ2v) is 4.71. The van der Waals surface area contributed by atoms with Gasteiger partial charge in [-0.1, -0.05) is 13.3 Å². The summed E-state index contributed by atoms with van der Waals surface area (Å²) in [5.41, 5.74) is 0.906. The second kappa shape index (κ2) is 8.19. The van der Waals surface area contributed by atoms with Gasteiger partial charge in [0.25, 0.3) is 0 Å². The van der Waals surface area contributed by atoms with E-state index < -0.39 is 5.97 Å². The lowest BCUT2D eigenvalue weighted by Crippen LogP contribution is -2.43. The first-order chi connectivity index (χ1) is 9.51. The van der Waals surface area contributed by atoms with E-state index in [1.165, 1.54) is 0 Å². The predicted molar refractivity (Wildman–Crippen MR) is 74.4 cm³/mol. The van der Waals surface area contributed by atoms with Crippen LogP contribution in [0.4, 0.5) is 4.79 Å². The zero-order valence-corrected chi connectivity index (χ0v) is 11.9. The first-order valence-electron chi connectivity index (χ1n) is 6.76. The molecular weight excluding hydrogens is 260 g/mol. The molecule has 1 aromatic rings. The van der Waals surface area contributed by atoms with Crippen LogP contribution < -0.4 is 10.6 Å². The van der Waals surface area contributed by atoms with E-state index in [9.17, 15) is 9.59 Å². The molecule has 1 aromatic heterocycles. The van der Waals surface area contributed by atoms with Crippen molar-refractivity contribution in [2.45, 2.75) is 38.6 Å². The van der Waals surface area contributed by atoms with E-state index in [1.807, 2.05) is 26.2 Å². The number of carboxylic acid groups (broad SMARTS) is 1. The van der Waals surface area contributed by atoms with Crippen molar-refractivity contribution in [3.63, 3.8) is 0 Å². The van der Waals surface area contributed by atoms with Gasteiger partial charge < -0.3 is 15.7 Å². The number of aromatic nitrogens is 2. The highest BCUT2D eigenvalue weighted by molar-refractivity contribution is 5.75. The van der Waals surface area contributed by atoms with Gasteiger partial charge in [0, 0.05) is 32.3 Å². The molecule has 112 valence electrons. The number of carbonyl (C=O) groups excluding carboxylic acids is 1. The molecule has 0 aliphatic rings. The Hall–Kier alpha value is -2.05. The summed E-state index contributed by atoms with van der Waals surface area (Å²) >= 11 is 0. The number of urea groups is 1. The first kappa shape index (κ1) is 16.0. The lowest BCUT2D eigenvalue weighted by Gasteiger charge is -2.16. The van der Waals surface area contributed by atoms with Gasteiger partial charge in [0.2, 0.25) is 0 Å². The summed E-state index contributed by atoms with van der Waals surface area (Å²) in [4.78, 5) is 22.3. The summed E-state index contributed by atoms with van der Waals surface area (Å²) in [5.74, 6) is -0.905. The average Bonchev–Trinajstić information content (AvgIpc) is 2.74. The number of carbonyl (C=O) groups is 2. The number of rotatable bonds is 8. The van der Waals surface area contributed by atoms with Crippen molar-refractivity contribution in [3.8, 4) is 0 Å². The molecule has 1 heterocycles. The van der Waals surface area contributed by atoms with Crippen molar-refractivity contribution < 1.29 is 14.7 Å². The zero-order chi connectivity index (χ0) is 15.0. The monoisotopic (exact) mass is 282 g/mol. The third-order valence-electron chi connectivity index (χ3n) is 2.83. The van der Waals surface area contributed by atoms with Gasteiger partial charge >= 0.3 is 12.0 Å². The largest absolute Gasteiger partial charge is 0.481 e. The van der Waals surface area contributed by atoms with Crippen LogP contribution >= 0.6 is 0 Å². The van der Waals surface area contributed by atoms with E-state index in [0.717, 1.165) is 12.1 Å². The fraction of sp³-hybridized carbons (Fsp3) is 0.615. The molecule has 0 saturated heterocycles. The van der Waals surface area contributed by atoms with Crippen LogP contribution in [0.1, 0.15) is 31.9 Å². The smallest absolute Gasteiger partial charge is 0.315 e. The summed E-state index contributed by atoms with van der Waals surface area (Å²) in [6.07, 6.45) is 3.92. The standard InChI is InChI=1S/C13H22N4O3/c1-3-4-11(9-12(18)19)15-13(20)14-7-5-10-6-8-17(2)16-10/h6,8,11H,3-5,7,9H2,1-2H3,(H,18,19)(H2,14,15,20). The van der Waals surface area contributed by atoms with Crippen LogP contribution in [0.2, 0.25) is 0 Å². The summed E-state index contributed by atoms with van der Waals surface area (Å²) in [7, 11) is 1.84. The van der Waals surface area contributed by atoms with Crippen molar-refractivity contribution >= 4 is 12.0 Å².